The molecule has 1 rings (SSSR count). The van der Waals surface area contributed by atoms with E-state index in [4.69, 9.17) is 0 Å². The first-order chi connectivity index (χ1) is 7.40. The lowest BCUT2D eigenvalue weighted by molar-refractivity contribution is 0.603. The molecule has 0 saturated carbocycles. The van der Waals surface area contributed by atoms with Gasteiger partial charge in [0, 0.05) is 24.5 Å². The SMILES string of the molecule is CCc1nc(Br)cc(SCCS(C)(=O)=O)n1. The molecule has 0 amide bonds. The number of hydrogen-bond donors (Lipinski definition) is 0. The van der Waals surface area contributed by atoms with E-state index in [0.29, 0.717) is 5.75 Å². The summed E-state index contributed by atoms with van der Waals surface area (Å²) >= 11 is 4.73. The first kappa shape index (κ1) is 13.9. The van der Waals surface area contributed by atoms with Crippen LogP contribution in [0.1, 0.15) is 12.7 Å². The van der Waals surface area contributed by atoms with E-state index in [0.717, 1.165) is 21.9 Å². The third-order valence-corrected chi connectivity index (χ3v) is 4.26. The van der Waals surface area contributed by atoms with Gasteiger partial charge < -0.3 is 0 Å². The molecule has 0 N–H and O–H groups in total. The van der Waals surface area contributed by atoms with Crippen LogP contribution in [0.5, 0.6) is 0 Å². The zero-order valence-corrected chi connectivity index (χ0v) is 12.3. The maximum atomic E-state index is 11.0. The summed E-state index contributed by atoms with van der Waals surface area (Å²) in [7, 11) is -2.90. The van der Waals surface area contributed by atoms with Crippen molar-refractivity contribution in [3.63, 3.8) is 0 Å². The van der Waals surface area contributed by atoms with Gasteiger partial charge in [-0.15, -0.1) is 11.8 Å². The van der Waals surface area contributed by atoms with Crippen LogP contribution in [0.2, 0.25) is 0 Å². The van der Waals surface area contributed by atoms with Crippen LogP contribution in [0.25, 0.3) is 0 Å². The minimum Gasteiger partial charge on any atom is -0.229 e. The fourth-order valence-corrected chi connectivity index (χ4v) is 3.66. The smallest absolute Gasteiger partial charge is 0.148 e. The van der Waals surface area contributed by atoms with E-state index in [1.54, 1.807) is 6.07 Å². The number of thioether (sulfide) groups is 1. The van der Waals surface area contributed by atoms with Gasteiger partial charge in [-0.25, -0.2) is 18.4 Å². The Labute approximate surface area is 108 Å². The van der Waals surface area contributed by atoms with Gasteiger partial charge in [-0.1, -0.05) is 6.92 Å². The predicted molar refractivity (Wildman–Crippen MR) is 69.5 cm³/mol. The zero-order chi connectivity index (χ0) is 12.2. The molecule has 1 aromatic rings. The van der Waals surface area contributed by atoms with Crippen molar-refractivity contribution in [2.75, 3.05) is 17.8 Å². The molecule has 0 aliphatic heterocycles. The quantitative estimate of drug-likeness (QED) is 0.612. The molecule has 0 aromatic carbocycles. The predicted octanol–water partition coefficient (Wildman–Crippen LogP) is 1.94. The number of halogens is 1. The summed E-state index contributed by atoms with van der Waals surface area (Å²) in [4.78, 5) is 8.48. The van der Waals surface area contributed by atoms with Crippen molar-refractivity contribution in [3.8, 4) is 0 Å². The Kier molecular flexibility index (Phi) is 5.20. The van der Waals surface area contributed by atoms with Gasteiger partial charge in [0.25, 0.3) is 0 Å². The molecule has 0 aliphatic rings. The number of aryl methyl sites for hydroxylation is 1. The van der Waals surface area contributed by atoms with Gasteiger partial charge in [-0.05, 0) is 15.9 Å². The van der Waals surface area contributed by atoms with Gasteiger partial charge in [0.05, 0.1) is 5.75 Å². The molecule has 1 heterocycles. The Morgan fingerprint density at radius 2 is 2.12 bits per heavy atom. The van der Waals surface area contributed by atoms with Gasteiger partial charge in [-0.3, -0.25) is 0 Å². The monoisotopic (exact) mass is 324 g/mol. The van der Waals surface area contributed by atoms with E-state index in [9.17, 15) is 8.42 Å². The van der Waals surface area contributed by atoms with Crippen molar-refractivity contribution in [2.24, 2.45) is 0 Å². The first-order valence-electron chi connectivity index (χ1n) is 4.74. The Morgan fingerprint density at radius 1 is 1.44 bits per heavy atom. The average molecular weight is 325 g/mol. The first-order valence-corrected chi connectivity index (χ1v) is 8.58. The van der Waals surface area contributed by atoms with Crippen molar-refractivity contribution < 1.29 is 8.42 Å². The number of sulfone groups is 1. The van der Waals surface area contributed by atoms with E-state index >= 15 is 0 Å². The minimum atomic E-state index is -2.90. The zero-order valence-electron chi connectivity index (χ0n) is 9.10. The second kappa shape index (κ2) is 5.97. The number of rotatable bonds is 5. The Bertz CT molecular complexity index is 463. The Morgan fingerprint density at radius 3 is 2.69 bits per heavy atom. The largest absolute Gasteiger partial charge is 0.229 e. The Hall–Kier alpha value is -0.140. The topological polar surface area (TPSA) is 59.9 Å². The van der Waals surface area contributed by atoms with Crippen LogP contribution >= 0.6 is 27.7 Å². The maximum absolute atomic E-state index is 11.0. The second-order valence-electron chi connectivity index (χ2n) is 3.28. The summed E-state index contributed by atoms with van der Waals surface area (Å²) in [5.74, 6) is 1.45. The molecule has 0 spiro atoms. The standard InChI is InChI=1S/C9H13BrN2O2S2/c1-3-8-11-7(10)6-9(12-8)15-4-5-16(2,13)14/h6H,3-5H2,1-2H3. The van der Waals surface area contributed by atoms with Gasteiger partial charge in [0.2, 0.25) is 0 Å². The summed E-state index contributed by atoms with van der Waals surface area (Å²) in [5, 5.41) is 0.808. The molecular weight excluding hydrogens is 312 g/mol. The van der Waals surface area contributed by atoms with Gasteiger partial charge in [0.15, 0.2) is 0 Å². The summed E-state index contributed by atoms with van der Waals surface area (Å²) < 4.78 is 22.6. The summed E-state index contributed by atoms with van der Waals surface area (Å²) in [5.41, 5.74) is 0. The lowest BCUT2D eigenvalue weighted by atomic mass is 10.4. The average Bonchev–Trinajstić information content (AvgIpc) is 2.14. The van der Waals surface area contributed by atoms with Crippen molar-refractivity contribution >= 4 is 37.5 Å². The lowest BCUT2D eigenvalue weighted by Crippen LogP contribution is -2.05. The number of hydrogen-bond acceptors (Lipinski definition) is 5. The van der Waals surface area contributed by atoms with Gasteiger partial charge in [0.1, 0.15) is 25.3 Å². The van der Waals surface area contributed by atoms with Crippen LogP contribution in [-0.2, 0) is 16.3 Å². The molecule has 0 fully saturated rings. The molecule has 7 heteroatoms. The van der Waals surface area contributed by atoms with Crippen molar-refractivity contribution in [1.82, 2.24) is 9.97 Å². The molecule has 1 aromatic heterocycles. The highest BCUT2D eigenvalue weighted by molar-refractivity contribution is 9.10. The minimum absolute atomic E-state index is 0.167. The van der Waals surface area contributed by atoms with Crippen molar-refractivity contribution in [3.05, 3.63) is 16.5 Å². The molecule has 0 atom stereocenters. The molecule has 90 valence electrons. The van der Waals surface area contributed by atoms with Crippen LogP contribution in [-0.4, -0.2) is 36.1 Å². The summed E-state index contributed by atoms with van der Waals surface area (Å²) in [6.07, 6.45) is 2.00. The van der Waals surface area contributed by atoms with Crippen LogP contribution in [0.4, 0.5) is 0 Å². The van der Waals surface area contributed by atoms with E-state index < -0.39 is 9.84 Å². The van der Waals surface area contributed by atoms with E-state index in [-0.39, 0.29) is 5.75 Å². The van der Waals surface area contributed by atoms with Crippen LogP contribution < -0.4 is 0 Å². The molecule has 16 heavy (non-hydrogen) atoms. The van der Waals surface area contributed by atoms with Gasteiger partial charge >= 0.3 is 0 Å². The van der Waals surface area contributed by atoms with Crippen LogP contribution in [0.15, 0.2) is 15.7 Å². The Balaban J connectivity index is 2.63. The number of aromatic nitrogens is 2. The molecule has 0 saturated heterocycles. The molecule has 0 aliphatic carbocycles. The highest BCUT2D eigenvalue weighted by Gasteiger charge is 2.05. The molecule has 0 radical (unpaired) electrons. The third-order valence-electron chi connectivity index (χ3n) is 1.74. The summed E-state index contributed by atoms with van der Waals surface area (Å²) in [6.45, 7) is 1.98. The van der Waals surface area contributed by atoms with Gasteiger partial charge in [-0.2, -0.15) is 0 Å². The third kappa shape index (κ3) is 5.27. The molecule has 0 unspecified atom stereocenters. The van der Waals surface area contributed by atoms with E-state index in [1.165, 1.54) is 18.0 Å². The molecular formula is C9H13BrN2O2S2. The van der Waals surface area contributed by atoms with E-state index in [2.05, 4.69) is 25.9 Å². The molecule has 4 nitrogen and oxygen atoms in total. The van der Waals surface area contributed by atoms with Crippen molar-refractivity contribution in [2.45, 2.75) is 18.4 Å². The second-order valence-corrected chi connectivity index (χ2v) is 7.46. The van der Waals surface area contributed by atoms with Crippen LogP contribution in [0.3, 0.4) is 0 Å². The fraction of sp³-hybridized carbons (Fsp3) is 0.556. The highest BCUT2D eigenvalue weighted by Crippen LogP contribution is 2.19. The lowest BCUT2D eigenvalue weighted by Gasteiger charge is -2.03. The highest BCUT2D eigenvalue weighted by atomic mass is 79.9. The normalized spacial score (nSPS) is 11.7. The molecule has 0 bridgehead atoms. The number of nitrogens with zero attached hydrogens (tertiary/aromatic N) is 2. The van der Waals surface area contributed by atoms with Crippen molar-refractivity contribution in [1.29, 1.82) is 0 Å². The summed E-state index contributed by atoms with van der Waals surface area (Å²) in [6, 6.07) is 1.80. The van der Waals surface area contributed by atoms with Crippen LogP contribution in [0, 0.1) is 0 Å². The van der Waals surface area contributed by atoms with E-state index in [1.807, 2.05) is 6.92 Å². The maximum Gasteiger partial charge on any atom is 0.148 e. The fourth-order valence-electron chi connectivity index (χ4n) is 0.972.